The number of hydrogen-bond acceptors (Lipinski definition) is 3. The van der Waals surface area contributed by atoms with E-state index in [-0.39, 0.29) is 5.82 Å². The fourth-order valence-electron chi connectivity index (χ4n) is 2.09. The zero-order valence-corrected chi connectivity index (χ0v) is 9.87. The third-order valence-electron chi connectivity index (χ3n) is 3.48. The van der Waals surface area contributed by atoms with E-state index in [0.29, 0.717) is 24.0 Å². The summed E-state index contributed by atoms with van der Waals surface area (Å²) >= 11 is 0. The number of carbonyl (C=O) groups excluding carboxylic acids is 1. The lowest BCUT2D eigenvalue weighted by molar-refractivity contribution is -0.152. The van der Waals surface area contributed by atoms with Gasteiger partial charge in [0.2, 0.25) is 0 Å². The molecule has 1 saturated carbocycles. The van der Waals surface area contributed by atoms with E-state index in [0.717, 1.165) is 0 Å². The minimum atomic E-state index is -1.21. The number of benzene rings is 1. The molecule has 3 nitrogen and oxygen atoms in total. The summed E-state index contributed by atoms with van der Waals surface area (Å²) in [6.07, 6.45) is 0.131. The molecule has 1 unspecified atom stereocenters. The fourth-order valence-corrected chi connectivity index (χ4v) is 2.09. The van der Waals surface area contributed by atoms with Gasteiger partial charge in [-0.05, 0) is 37.0 Å². The van der Waals surface area contributed by atoms with E-state index in [1.807, 2.05) is 0 Å². The van der Waals surface area contributed by atoms with Crippen LogP contribution in [0.3, 0.4) is 0 Å². The number of hydrogen-bond donors (Lipinski definition) is 1. The molecule has 1 aromatic carbocycles. The van der Waals surface area contributed by atoms with Crippen LogP contribution in [0.15, 0.2) is 18.2 Å². The van der Waals surface area contributed by atoms with Crippen molar-refractivity contribution in [2.75, 3.05) is 7.11 Å². The van der Waals surface area contributed by atoms with Gasteiger partial charge in [-0.25, -0.2) is 9.18 Å². The molecule has 2 rings (SSSR count). The zero-order chi connectivity index (χ0) is 12.6. The minimum absolute atomic E-state index is 0.314. The predicted molar refractivity (Wildman–Crippen MR) is 60.1 cm³/mol. The van der Waals surface area contributed by atoms with Gasteiger partial charge in [-0.2, -0.15) is 0 Å². The van der Waals surface area contributed by atoms with Gasteiger partial charge in [-0.3, -0.25) is 0 Å². The van der Waals surface area contributed by atoms with Gasteiger partial charge in [0.05, 0.1) is 7.11 Å². The summed E-state index contributed by atoms with van der Waals surface area (Å²) in [5, 5.41) is 9.92. The second-order valence-electron chi connectivity index (χ2n) is 4.55. The third-order valence-corrected chi connectivity index (χ3v) is 3.48. The van der Waals surface area contributed by atoms with Crippen molar-refractivity contribution in [3.63, 3.8) is 0 Å². The predicted octanol–water partition coefficient (Wildman–Crippen LogP) is 1.70. The molecule has 4 heteroatoms. The Labute approximate surface area is 99.2 Å². The Morgan fingerprint density at radius 1 is 1.53 bits per heavy atom. The molecule has 0 radical (unpaired) electrons. The monoisotopic (exact) mass is 238 g/mol. The first-order valence-electron chi connectivity index (χ1n) is 5.54. The maximum absolute atomic E-state index is 13.5. The summed E-state index contributed by atoms with van der Waals surface area (Å²) in [4.78, 5) is 11.4. The van der Waals surface area contributed by atoms with Gasteiger partial charge < -0.3 is 9.84 Å². The highest BCUT2D eigenvalue weighted by Crippen LogP contribution is 2.51. The van der Waals surface area contributed by atoms with Crippen LogP contribution in [0.4, 0.5) is 4.39 Å². The first-order valence-corrected chi connectivity index (χ1v) is 5.54. The Hall–Kier alpha value is -1.42. The molecular formula is C13H15FO3. The summed E-state index contributed by atoms with van der Waals surface area (Å²) in [5.74, 6) is -0.977. The van der Waals surface area contributed by atoms with Gasteiger partial charge in [0.25, 0.3) is 0 Å². The highest BCUT2D eigenvalue weighted by Gasteiger charge is 2.53. The number of esters is 1. The van der Waals surface area contributed by atoms with E-state index < -0.39 is 17.5 Å². The van der Waals surface area contributed by atoms with E-state index in [2.05, 4.69) is 4.74 Å². The number of methoxy groups -OCH3 is 1. The summed E-state index contributed by atoms with van der Waals surface area (Å²) in [6, 6.07) is 4.82. The molecule has 0 spiro atoms. The molecule has 0 aromatic heterocycles. The molecule has 1 N–H and O–H groups in total. The molecule has 0 aliphatic heterocycles. The molecule has 0 heterocycles. The Balaban J connectivity index is 2.32. The summed E-state index contributed by atoms with van der Waals surface area (Å²) in [7, 11) is 1.23. The van der Waals surface area contributed by atoms with Crippen molar-refractivity contribution in [2.45, 2.75) is 31.3 Å². The van der Waals surface area contributed by atoms with E-state index in [9.17, 15) is 14.3 Å². The second kappa shape index (κ2) is 4.11. The van der Waals surface area contributed by atoms with Gasteiger partial charge in [-0.15, -0.1) is 0 Å². The van der Waals surface area contributed by atoms with Crippen molar-refractivity contribution in [1.82, 2.24) is 0 Å². The molecular weight excluding hydrogens is 223 g/mol. The van der Waals surface area contributed by atoms with Crippen molar-refractivity contribution in [2.24, 2.45) is 0 Å². The number of aliphatic hydroxyl groups is 1. The van der Waals surface area contributed by atoms with Gasteiger partial charge in [-0.1, -0.05) is 12.1 Å². The second-order valence-corrected chi connectivity index (χ2v) is 4.55. The molecule has 17 heavy (non-hydrogen) atoms. The fraction of sp³-hybridized carbons (Fsp3) is 0.462. The number of rotatable bonds is 3. The lowest BCUT2D eigenvalue weighted by atomic mass is 9.89. The van der Waals surface area contributed by atoms with Crippen LogP contribution in [0, 0.1) is 12.7 Å². The van der Waals surface area contributed by atoms with Crippen molar-refractivity contribution < 1.29 is 19.0 Å². The van der Waals surface area contributed by atoms with Crippen LogP contribution >= 0.6 is 0 Å². The van der Waals surface area contributed by atoms with Crippen molar-refractivity contribution in [1.29, 1.82) is 0 Å². The molecule has 1 fully saturated rings. The largest absolute Gasteiger partial charge is 0.467 e. The first-order chi connectivity index (χ1) is 8.01. The number of halogens is 1. The van der Waals surface area contributed by atoms with E-state index in [4.69, 9.17) is 0 Å². The Morgan fingerprint density at radius 3 is 2.65 bits per heavy atom. The van der Waals surface area contributed by atoms with Crippen LogP contribution in [-0.2, 0) is 14.9 Å². The molecule has 1 atom stereocenters. The van der Waals surface area contributed by atoms with E-state index in [1.165, 1.54) is 13.2 Å². The topological polar surface area (TPSA) is 46.5 Å². The Kier molecular flexibility index (Phi) is 2.91. The summed E-state index contributed by atoms with van der Waals surface area (Å²) in [5.41, 5.74) is 0.567. The van der Waals surface area contributed by atoms with Crippen LogP contribution in [-0.4, -0.2) is 24.3 Å². The number of ether oxygens (including phenoxy) is 1. The van der Waals surface area contributed by atoms with E-state index in [1.54, 1.807) is 19.1 Å². The van der Waals surface area contributed by atoms with Crippen LogP contribution in [0.1, 0.15) is 24.0 Å². The van der Waals surface area contributed by atoms with Crippen molar-refractivity contribution >= 4 is 5.97 Å². The number of aryl methyl sites for hydroxylation is 1. The maximum Gasteiger partial charge on any atom is 0.335 e. The lowest BCUT2D eigenvalue weighted by Gasteiger charge is -2.20. The number of aliphatic hydroxyl groups excluding tert-OH is 1. The number of carbonyl (C=O) groups is 1. The third kappa shape index (κ3) is 1.93. The Bertz CT molecular complexity index is 452. The van der Waals surface area contributed by atoms with Crippen LogP contribution in [0.5, 0.6) is 0 Å². The SMILES string of the molecule is COC(=O)C(O)C1(c2ccc(C)c(F)c2)CC1. The van der Waals surface area contributed by atoms with Gasteiger partial charge in [0, 0.05) is 5.41 Å². The van der Waals surface area contributed by atoms with Gasteiger partial charge >= 0.3 is 5.97 Å². The van der Waals surface area contributed by atoms with Gasteiger partial charge in [0.15, 0.2) is 6.10 Å². The average Bonchev–Trinajstić information content (AvgIpc) is 3.12. The van der Waals surface area contributed by atoms with Crippen LogP contribution in [0.2, 0.25) is 0 Å². The quantitative estimate of drug-likeness (QED) is 0.815. The molecule has 1 aliphatic rings. The first kappa shape index (κ1) is 12.0. The van der Waals surface area contributed by atoms with E-state index >= 15 is 0 Å². The molecule has 0 saturated heterocycles. The van der Waals surface area contributed by atoms with Crippen molar-refractivity contribution in [3.05, 3.63) is 35.1 Å². The highest BCUT2D eigenvalue weighted by molar-refractivity contribution is 5.77. The molecule has 92 valence electrons. The highest BCUT2D eigenvalue weighted by atomic mass is 19.1. The summed E-state index contributed by atoms with van der Waals surface area (Å²) < 4.78 is 18.0. The van der Waals surface area contributed by atoms with Gasteiger partial charge in [0.1, 0.15) is 5.82 Å². The summed E-state index contributed by atoms with van der Waals surface area (Å²) in [6.45, 7) is 1.68. The average molecular weight is 238 g/mol. The normalized spacial score (nSPS) is 18.6. The molecule has 0 bridgehead atoms. The molecule has 0 amide bonds. The molecule has 1 aromatic rings. The smallest absolute Gasteiger partial charge is 0.335 e. The Morgan fingerprint density at radius 2 is 2.18 bits per heavy atom. The standard InChI is InChI=1S/C13H15FO3/c1-8-3-4-9(7-10(8)14)13(5-6-13)11(15)12(16)17-2/h3-4,7,11,15H,5-6H2,1-2H3. The zero-order valence-electron chi connectivity index (χ0n) is 9.87. The van der Waals surface area contributed by atoms with Crippen LogP contribution in [0.25, 0.3) is 0 Å². The molecule has 1 aliphatic carbocycles. The van der Waals surface area contributed by atoms with Crippen LogP contribution < -0.4 is 0 Å². The minimum Gasteiger partial charge on any atom is -0.467 e. The lowest BCUT2D eigenvalue weighted by Crippen LogP contribution is -2.35. The maximum atomic E-state index is 13.5. The van der Waals surface area contributed by atoms with Crippen molar-refractivity contribution in [3.8, 4) is 0 Å².